The minimum absolute atomic E-state index is 0.186. The SMILES string of the molecule is C#C/C=C/CC1OC2CC1OC2CC(Br)C(Br)CC. The lowest BCUT2D eigenvalue weighted by Crippen LogP contribution is -2.37. The maximum absolute atomic E-state index is 6.11. The monoisotopic (exact) mass is 390 g/mol. The Labute approximate surface area is 132 Å². The van der Waals surface area contributed by atoms with E-state index in [9.17, 15) is 0 Å². The molecule has 2 bridgehead atoms. The lowest BCUT2D eigenvalue weighted by Gasteiger charge is -2.30. The van der Waals surface area contributed by atoms with E-state index in [0.717, 1.165) is 25.7 Å². The van der Waals surface area contributed by atoms with E-state index in [4.69, 9.17) is 15.9 Å². The van der Waals surface area contributed by atoms with Crippen LogP contribution in [0.5, 0.6) is 0 Å². The number of ether oxygens (including phenoxy) is 2. The van der Waals surface area contributed by atoms with E-state index in [1.165, 1.54) is 0 Å². The number of alkyl halides is 2. The number of hydrogen-bond donors (Lipinski definition) is 0. The van der Waals surface area contributed by atoms with Gasteiger partial charge in [0.15, 0.2) is 0 Å². The average Bonchev–Trinajstić information content (AvgIpc) is 2.97. The molecule has 0 saturated carbocycles. The van der Waals surface area contributed by atoms with Crippen molar-refractivity contribution >= 4 is 31.9 Å². The average molecular weight is 392 g/mol. The molecule has 2 nitrogen and oxygen atoms in total. The molecule has 0 N–H and O–H groups in total. The smallest absolute Gasteiger partial charge is 0.0877 e. The van der Waals surface area contributed by atoms with Crippen LogP contribution in [0.3, 0.4) is 0 Å². The molecule has 6 unspecified atom stereocenters. The van der Waals surface area contributed by atoms with Gasteiger partial charge in [0.25, 0.3) is 0 Å². The second kappa shape index (κ2) is 7.26. The van der Waals surface area contributed by atoms with Crippen LogP contribution in [0, 0.1) is 12.3 Å². The molecule has 19 heavy (non-hydrogen) atoms. The van der Waals surface area contributed by atoms with Crippen LogP contribution >= 0.6 is 31.9 Å². The molecule has 0 aromatic carbocycles. The first kappa shape index (κ1) is 15.6. The predicted molar refractivity (Wildman–Crippen MR) is 84.9 cm³/mol. The third-order valence-corrected chi connectivity index (χ3v) is 6.82. The first-order valence-electron chi connectivity index (χ1n) is 6.85. The highest BCUT2D eigenvalue weighted by atomic mass is 79.9. The van der Waals surface area contributed by atoms with Crippen LogP contribution in [0.4, 0.5) is 0 Å². The van der Waals surface area contributed by atoms with Gasteiger partial charge in [-0.2, -0.15) is 0 Å². The van der Waals surface area contributed by atoms with Crippen molar-refractivity contribution in [2.45, 2.75) is 66.7 Å². The van der Waals surface area contributed by atoms with E-state index in [1.807, 2.05) is 6.08 Å². The van der Waals surface area contributed by atoms with Crippen LogP contribution < -0.4 is 0 Å². The lowest BCUT2D eigenvalue weighted by molar-refractivity contribution is -0.137. The summed E-state index contributed by atoms with van der Waals surface area (Å²) in [5.41, 5.74) is 0. The highest BCUT2D eigenvalue weighted by Crippen LogP contribution is 2.39. The van der Waals surface area contributed by atoms with Gasteiger partial charge in [0.1, 0.15) is 0 Å². The summed E-state index contributed by atoms with van der Waals surface area (Å²) < 4.78 is 12.2. The number of halogens is 2. The van der Waals surface area contributed by atoms with Gasteiger partial charge in [-0.3, -0.25) is 0 Å². The van der Waals surface area contributed by atoms with Crippen molar-refractivity contribution in [3.63, 3.8) is 0 Å². The molecule has 2 aliphatic rings. The molecule has 0 radical (unpaired) electrons. The Hall–Kier alpha value is 0.180. The van der Waals surface area contributed by atoms with E-state index in [0.29, 0.717) is 9.65 Å². The molecule has 0 aromatic heterocycles. The molecule has 4 heteroatoms. The second-order valence-corrected chi connectivity index (χ2v) is 7.49. The van der Waals surface area contributed by atoms with Crippen molar-refractivity contribution < 1.29 is 9.47 Å². The van der Waals surface area contributed by atoms with Gasteiger partial charge in [-0.1, -0.05) is 50.8 Å². The van der Waals surface area contributed by atoms with Crippen LogP contribution in [-0.4, -0.2) is 34.1 Å². The topological polar surface area (TPSA) is 18.5 Å². The van der Waals surface area contributed by atoms with Crippen LogP contribution in [-0.2, 0) is 9.47 Å². The zero-order valence-corrected chi connectivity index (χ0v) is 14.3. The van der Waals surface area contributed by atoms with E-state index < -0.39 is 0 Å². The molecule has 0 spiro atoms. The van der Waals surface area contributed by atoms with Crippen molar-refractivity contribution in [1.29, 1.82) is 0 Å². The minimum atomic E-state index is 0.186. The fourth-order valence-corrected chi connectivity index (χ4v) is 3.71. The van der Waals surface area contributed by atoms with Crippen molar-refractivity contribution in [3.8, 4) is 12.3 Å². The molecule has 0 amide bonds. The summed E-state index contributed by atoms with van der Waals surface area (Å²) in [6.45, 7) is 2.18. The van der Waals surface area contributed by atoms with Crippen LogP contribution in [0.25, 0.3) is 0 Å². The summed E-state index contributed by atoms with van der Waals surface area (Å²) in [6.07, 6.45) is 13.8. The number of fused-ring (bicyclic) bond motifs is 2. The van der Waals surface area contributed by atoms with Crippen molar-refractivity contribution in [3.05, 3.63) is 12.2 Å². The fraction of sp³-hybridized carbons (Fsp3) is 0.733. The molecule has 106 valence electrons. The van der Waals surface area contributed by atoms with E-state index >= 15 is 0 Å². The summed E-state index contributed by atoms with van der Waals surface area (Å²) in [7, 11) is 0. The highest BCUT2D eigenvalue weighted by molar-refractivity contribution is 9.12. The number of hydrogen-bond acceptors (Lipinski definition) is 2. The van der Waals surface area contributed by atoms with Gasteiger partial charge in [0.2, 0.25) is 0 Å². The molecule has 2 rings (SSSR count). The normalized spacial score (nSPS) is 36.5. The van der Waals surface area contributed by atoms with Crippen molar-refractivity contribution in [2.75, 3.05) is 0 Å². The zero-order chi connectivity index (χ0) is 13.8. The van der Waals surface area contributed by atoms with Gasteiger partial charge in [0.05, 0.1) is 24.4 Å². The van der Waals surface area contributed by atoms with E-state index in [1.54, 1.807) is 6.08 Å². The first-order chi connectivity index (χ1) is 9.15. The van der Waals surface area contributed by atoms with E-state index in [2.05, 4.69) is 44.7 Å². The van der Waals surface area contributed by atoms with Gasteiger partial charge in [0, 0.05) is 16.1 Å². The standard InChI is InChI=1S/C15H20Br2O2/c1-3-5-6-7-12-14-9-15(18-12)13(19-14)8-11(17)10(16)4-2/h1,5-6,10-15H,4,7-9H2,2H3/b6-5+. The number of allylic oxidation sites excluding steroid dienone is 1. The quantitative estimate of drug-likeness (QED) is 0.506. The van der Waals surface area contributed by atoms with Crippen LogP contribution in [0.2, 0.25) is 0 Å². The molecular formula is C15H20Br2O2. The summed E-state index contributed by atoms with van der Waals surface area (Å²) >= 11 is 7.42. The molecule has 6 atom stereocenters. The molecule has 2 fully saturated rings. The van der Waals surface area contributed by atoms with Gasteiger partial charge < -0.3 is 9.47 Å². The third-order valence-electron chi connectivity index (χ3n) is 3.82. The minimum Gasteiger partial charge on any atom is -0.369 e. The highest BCUT2D eigenvalue weighted by Gasteiger charge is 2.48. The zero-order valence-electron chi connectivity index (χ0n) is 11.1. The van der Waals surface area contributed by atoms with Crippen LogP contribution in [0.15, 0.2) is 12.2 Å². The van der Waals surface area contributed by atoms with Gasteiger partial charge in [-0.05, 0) is 25.3 Å². The Morgan fingerprint density at radius 1 is 1.26 bits per heavy atom. The fourth-order valence-electron chi connectivity index (χ4n) is 2.75. The number of terminal acetylenes is 1. The lowest BCUT2D eigenvalue weighted by atomic mass is 10.1. The Morgan fingerprint density at radius 2 is 1.95 bits per heavy atom. The molecule has 2 saturated heterocycles. The van der Waals surface area contributed by atoms with Crippen molar-refractivity contribution in [1.82, 2.24) is 0 Å². The summed E-state index contributed by atoms with van der Waals surface area (Å²) in [6, 6.07) is 0. The summed E-state index contributed by atoms with van der Waals surface area (Å²) in [5.74, 6) is 2.50. The number of rotatable bonds is 6. The summed E-state index contributed by atoms with van der Waals surface area (Å²) in [5, 5.41) is 0. The van der Waals surface area contributed by atoms with Gasteiger partial charge >= 0.3 is 0 Å². The molecule has 2 aliphatic heterocycles. The molecule has 0 aliphatic carbocycles. The molecule has 0 aromatic rings. The largest absolute Gasteiger partial charge is 0.369 e. The maximum Gasteiger partial charge on any atom is 0.0877 e. The predicted octanol–water partition coefficient (Wildman–Crippen LogP) is 3.82. The Bertz CT molecular complexity index is 364. The van der Waals surface area contributed by atoms with Gasteiger partial charge in [-0.25, -0.2) is 0 Å². The van der Waals surface area contributed by atoms with Crippen molar-refractivity contribution in [2.24, 2.45) is 0 Å². The Morgan fingerprint density at radius 3 is 2.53 bits per heavy atom. The Kier molecular flexibility index (Phi) is 5.95. The summed E-state index contributed by atoms with van der Waals surface area (Å²) in [4.78, 5) is 0.926. The van der Waals surface area contributed by atoms with Crippen LogP contribution in [0.1, 0.15) is 32.6 Å². The first-order valence-corrected chi connectivity index (χ1v) is 8.69. The third kappa shape index (κ3) is 3.85. The molecular weight excluding hydrogens is 372 g/mol. The van der Waals surface area contributed by atoms with E-state index in [-0.39, 0.29) is 24.4 Å². The second-order valence-electron chi connectivity index (χ2n) is 5.14. The Balaban J connectivity index is 1.79. The maximum atomic E-state index is 6.11. The molecule has 2 heterocycles. The van der Waals surface area contributed by atoms with Gasteiger partial charge in [-0.15, -0.1) is 6.42 Å².